The molecule has 0 amide bonds. The van der Waals surface area contributed by atoms with Gasteiger partial charge in [-0.1, -0.05) is 16.9 Å². The van der Waals surface area contributed by atoms with Gasteiger partial charge in [0.05, 0.1) is 24.6 Å². The van der Waals surface area contributed by atoms with Crippen LogP contribution in [0.1, 0.15) is 87.9 Å². The first-order valence-corrected chi connectivity index (χ1v) is 12.4. The van der Waals surface area contributed by atoms with Crippen molar-refractivity contribution in [1.29, 1.82) is 0 Å². The molecule has 0 aromatic carbocycles. The normalized spacial score (nSPS) is 8.62. The number of hydrogen-bond donors (Lipinski definition) is 3. The van der Waals surface area contributed by atoms with Gasteiger partial charge in [-0.15, -0.1) is 0 Å². The Labute approximate surface area is 318 Å². The Bertz CT molecular complexity index is 1420. The predicted octanol–water partition coefficient (Wildman–Crippen LogP) is -6.04. The topological polar surface area (TPSA) is 271 Å². The molecule has 3 aromatic heterocycles. The summed E-state index contributed by atoms with van der Waals surface area (Å²) in [7, 11) is 0. The second-order valence-corrected chi connectivity index (χ2v) is 8.13. The molecule has 18 nitrogen and oxygen atoms in total. The molecule has 252 valence electrons. The Morgan fingerprint density at radius 3 is 1.40 bits per heavy atom. The monoisotopic (exact) mass is 688 g/mol. The molecule has 0 aliphatic rings. The first-order valence-electron chi connectivity index (χ1n) is 12.4. The molecule has 0 aliphatic carbocycles. The maximum Gasteiger partial charge on any atom is 1.00 e. The van der Waals surface area contributed by atoms with E-state index >= 15 is 0 Å². The van der Waals surface area contributed by atoms with E-state index in [9.17, 15) is 19.6 Å². The molecule has 0 saturated heterocycles. The number of nitrogens with zero attached hydrogens (tertiary/aromatic N) is 6. The third-order valence-electron chi connectivity index (χ3n) is 5.29. The van der Waals surface area contributed by atoms with E-state index in [1.807, 2.05) is 0 Å². The van der Waals surface area contributed by atoms with Gasteiger partial charge in [-0.05, 0) is 37.7 Å². The zero-order valence-electron chi connectivity index (χ0n) is 28.5. The van der Waals surface area contributed by atoms with Crippen LogP contribution in [0.4, 0.5) is 0 Å². The van der Waals surface area contributed by atoms with Crippen LogP contribution in [0.2, 0.25) is 0 Å². The minimum atomic E-state index is -1.08. The number of aromatic nitrogens is 6. The fourth-order valence-electron chi connectivity index (χ4n) is 3.24. The zero-order chi connectivity index (χ0) is 33.3. The van der Waals surface area contributed by atoms with E-state index in [2.05, 4.69) is 24.8 Å². The summed E-state index contributed by atoms with van der Waals surface area (Å²) in [5.74, 6) is -1.89. The van der Waals surface area contributed by atoms with E-state index in [1.54, 1.807) is 48.5 Å². The third kappa shape index (κ3) is 17.4. The summed E-state index contributed by atoms with van der Waals surface area (Å²) in [5, 5.41) is 35.5. The number of carbonyl (C=O) groups is 4. The van der Waals surface area contributed by atoms with Crippen LogP contribution in [0, 0.1) is 41.5 Å². The zero-order valence-corrected chi connectivity index (χ0v) is 31.5. The summed E-state index contributed by atoms with van der Waals surface area (Å²) < 4.78 is 11.2. The number of hydrogen-bond acceptors (Lipinski definition) is 14. The molecule has 3 aromatic rings. The summed E-state index contributed by atoms with van der Waals surface area (Å²) in [6.07, 6.45) is 3.85. The van der Waals surface area contributed by atoms with Crippen LogP contribution in [0.25, 0.3) is 0 Å². The van der Waals surface area contributed by atoms with Crippen molar-refractivity contribution in [3.8, 4) is 0 Å². The Hall–Kier alpha value is -3.36. The number of carboxylic acid groups (broad SMARTS) is 1. The van der Waals surface area contributed by atoms with Crippen molar-refractivity contribution in [2.75, 3.05) is 13.2 Å². The van der Waals surface area contributed by atoms with Crippen molar-refractivity contribution < 1.29 is 130 Å². The summed E-state index contributed by atoms with van der Waals surface area (Å²) in [4.78, 5) is 60.1. The van der Waals surface area contributed by atoms with Crippen molar-refractivity contribution >= 4 is 24.4 Å². The fraction of sp³-hybridized carbons (Fsp3) is 0.407. The number of aromatic carboxylic acids is 1. The molecular weight excluding hydrogens is 646 g/mol. The number of carboxylic acids is 1. The van der Waals surface area contributed by atoms with E-state index in [-0.39, 0.29) is 97.1 Å². The van der Waals surface area contributed by atoms with Gasteiger partial charge in [0.15, 0.2) is 33.9 Å². The minimum Gasteiger partial charge on any atom is -1.00 e. The maximum atomic E-state index is 11.5. The second kappa shape index (κ2) is 27.7. The van der Waals surface area contributed by atoms with Gasteiger partial charge >= 0.3 is 89.7 Å². The largest absolute Gasteiger partial charge is 1.00 e. The molecule has 0 atom stereocenters. The average molecular weight is 689 g/mol. The molecule has 3 heterocycles. The van der Waals surface area contributed by atoms with E-state index < -0.39 is 11.9 Å². The van der Waals surface area contributed by atoms with Crippen LogP contribution in [0.3, 0.4) is 0 Å². The molecule has 20 heteroatoms. The molecule has 0 fully saturated rings. The van der Waals surface area contributed by atoms with Gasteiger partial charge in [-0.2, -0.15) is 0 Å². The smallest absolute Gasteiger partial charge is 1.00 e. The summed E-state index contributed by atoms with van der Waals surface area (Å²) in [5.41, 5.74) is 3.79. The Kier molecular flexibility index (Phi) is 31.3. The van der Waals surface area contributed by atoms with E-state index in [0.717, 1.165) is 11.1 Å². The Morgan fingerprint density at radius 2 is 1.09 bits per heavy atom. The van der Waals surface area contributed by atoms with E-state index in [0.29, 0.717) is 57.5 Å². The fourth-order valence-corrected chi connectivity index (χ4v) is 3.24. The first-order chi connectivity index (χ1) is 20.2. The number of rotatable bonds is 6. The number of esters is 2. The van der Waals surface area contributed by atoms with Crippen molar-refractivity contribution in [2.45, 2.75) is 62.8 Å². The van der Waals surface area contributed by atoms with Crippen molar-refractivity contribution in [1.82, 2.24) is 19.9 Å². The van der Waals surface area contributed by atoms with Crippen molar-refractivity contribution in [3.05, 3.63) is 69.8 Å². The van der Waals surface area contributed by atoms with E-state index in [4.69, 9.17) is 29.8 Å². The minimum absolute atomic E-state index is 0. The molecule has 3 rings (SSSR count). The molecule has 0 bridgehead atoms. The van der Waals surface area contributed by atoms with Crippen molar-refractivity contribution in [3.63, 3.8) is 0 Å². The Balaban J connectivity index is -0.000000124. The van der Waals surface area contributed by atoms with Crippen LogP contribution in [-0.2, 0) is 19.2 Å². The van der Waals surface area contributed by atoms with Crippen LogP contribution in [0.5, 0.6) is 0 Å². The molecule has 0 unspecified atom stereocenters. The van der Waals surface area contributed by atoms with Gasteiger partial charge < -0.3 is 42.0 Å². The average Bonchev–Trinajstić information content (AvgIpc) is 2.94. The van der Waals surface area contributed by atoms with E-state index in [1.165, 1.54) is 19.6 Å². The van der Waals surface area contributed by atoms with Crippen LogP contribution in [-0.4, -0.2) is 78.5 Å². The van der Waals surface area contributed by atoms with Gasteiger partial charge in [-0.25, -0.2) is 24.4 Å². The molecule has 47 heavy (non-hydrogen) atoms. The summed E-state index contributed by atoms with van der Waals surface area (Å²) >= 11 is 0. The maximum absolute atomic E-state index is 11.5. The molecular formula is C27H42N6Na2O12+2. The Morgan fingerprint density at radius 1 is 0.766 bits per heavy atom. The predicted molar refractivity (Wildman–Crippen MR) is 151 cm³/mol. The number of ether oxygens (including phenoxy) is 2. The van der Waals surface area contributed by atoms with Gasteiger partial charge in [-0.3, -0.25) is 4.79 Å². The molecule has 0 aliphatic heterocycles. The van der Waals surface area contributed by atoms with Gasteiger partial charge in [0.25, 0.3) is 6.47 Å². The molecule has 0 radical (unpaired) electrons. The quantitative estimate of drug-likeness (QED) is 0.0414. The van der Waals surface area contributed by atoms with Crippen molar-refractivity contribution in [2.24, 2.45) is 0 Å². The van der Waals surface area contributed by atoms with Gasteiger partial charge in [0, 0.05) is 27.7 Å². The van der Waals surface area contributed by atoms with Crippen LogP contribution in [0.15, 0.2) is 19.0 Å². The molecule has 0 spiro atoms. The van der Waals surface area contributed by atoms with Crippen LogP contribution >= 0.6 is 0 Å². The first kappa shape index (κ1) is 53.1. The standard InChI is InChI=1S/C9H13N2O3.C9H12N2O2.C7H8N2O3.CH2O3.CH4.2Na.H2O.H/c1-4-14-9(12)8-6(2)10-5-11(13)7(8)3;1-4-13-9(12)8-6(2)10-5-11-7(8)3;1-4-6(7(10)11)5(2)9(12)3-8-4;2-1-4-3;;;;;/h5,13H,4H2,1-3H3;5H,4H2,1-3H3;3H,1-2H3,(H-,10,11,12);1,3H;1H4;;;1H2;/q+1;;;;;2*+1;;-1. The number of carbonyl (C=O) groups excluding carboxylic acids is 3. The summed E-state index contributed by atoms with van der Waals surface area (Å²) in [6.45, 7) is 13.9. The van der Waals surface area contributed by atoms with Gasteiger partial charge in [0.2, 0.25) is 0 Å². The summed E-state index contributed by atoms with van der Waals surface area (Å²) in [6, 6.07) is 0. The van der Waals surface area contributed by atoms with Gasteiger partial charge in [0.1, 0.15) is 11.9 Å². The third-order valence-corrected chi connectivity index (χ3v) is 5.29. The molecule has 5 N–H and O–H groups in total. The SMILES string of the molecule is C.CCOC(=O)c1c(C)nc[n+](O)c1C.CCOC(=O)c1c(C)ncnc1C.Cc1nc[n+](O)c(C)c1C(=O)O.O.O=CO[O-].[H-].[Na+].[Na+]. The second-order valence-electron chi connectivity index (χ2n) is 8.13. The number of aryl methyl sites for hydroxylation is 4. The van der Waals surface area contributed by atoms with Crippen LogP contribution < -0.4 is 73.8 Å². The molecule has 0 saturated carbocycles.